The van der Waals surface area contributed by atoms with Gasteiger partial charge < -0.3 is 14.7 Å². The van der Waals surface area contributed by atoms with Gasteiger partial charge in [0.2, 0.25) is 5.91 Å². The predicted octanol–water partition coefficient (Wildman–Crippen LogP) is 5.57. The van der Waals surface area contributed by atoms with Crippen LogP contribution in [0.2, 0.25) is 0 Å². The summed E-state index contributed by atoms with van der Waals surface area (Å²) in [5.74, 6) is -0.454. The average Bonchev–Trinajstić information content (AvgIpc) is 3.12. The van der Waals surface area contributed by atoms with Crippen molar-refractivity contribution < 1.29 is 24.2 Å². The first-order chi connectivity index (χ1) is 15.8. The smallest absolute Gasteiger partial charge is 0.410 e. The van der Waals surface area contributed by atoms with Crippen molar-refractivity contribution in [1.82, 2.24) is 9.80 Å². The van der Waals surface area contributed by atoms with E-state index < -0.39 is 29.7 Å². The van der Waals surface area contributed by atoms with Crippen LogP contribution < -0.4 is 0 Å². The molecule has 1 N–H and O–H groups in total. The van der Waals surface area contributed by atoms with Crippen molar-refractivity contribution in [2.75, 3.05) is 13.1 Å². The quantitative estimate of drug-likeness (QED) is 0.466. The van der Waals surface area contributed by atoms with Crippen LogP contribution in [0.4, 0.5) is 4.79 Å². The lowest BCUT2D eigenvalue weighted by atomic mass is 9.82. The zero-order valence-electron chi connectivity index (χ0n) is 22.5. The first kappa shape index (κ1) is 28.4. The number of hydrogen-bond acceptors (Lipinski definition) is 4. The molecule has 0 bridgehead atoms. The molecule has 0 aromatic rings. The number of amides is 2. The molecule has 2 amide bonds. The molecular formula is C27H48N2O5. The lowest BCUT2D eigenvalue weighted by Gasteiger charge is -2.41. The second-order valence-corrected chi connectivity index (χ2v) is 12.2. The van der Waals surface area contributed by atoms with Crippen LogP contribution in [-0.4, -0.2) is 63.7 Å². The van der Waals surface area contributed by atoms with Gasteiger partial charge in [0.05, 0.1) is 0 Å². The average molecular weight is 481 g/mol. The molecule has 7 nitrogen and oxygen atoms in total. The number of nitrogens with zero attached hydrogens (tertiary/aromatic N) is 2. The van der Waals surface area contributed by atoms with Gasteiger partial charge in [-0.3, -0.25) is 9.69 Å². The van der Waals surface area contributed by atoms with Gasteiger partial charge in [0, 0.05) is 13.1 Å². The molecule has 196 valence electrons. The van der Waals surface area contributed by atoms with Crippen molar-refractivity contribution >= 4 is 18.0 Å². The van der Waals surface area contributed by atoms with Crippen molar-refractivity contribution in [1.29, 1.82) is 0 Å². The van der Waals surface area contributed by atoms with Gasteiger partial charge in [-0.2, -0.15) is 0 Å². The van der Waals surface area contributed by atoms with Gasteiger partial charge in [0.25, 0.3) is 0 Å². The summed E-state index contributed by atoms with van der Waals surface area (Å²) in [5.41, 5.74) is -0.674. The van der Waals surface area contributed by atoms with Crippen molar-refractivity contribution in [2.24, 2.45) is 23.7 Å². The van der Waals surface area contributed by atoms with E-state index >= 15 is 0 Å². The Kier molecular flexibility index (Phi) is 10.3. The molecule has 0 aromatic carbocycles. The number of aliphatic carboxylic acids is 1. The highest BCUT2D eigenvalue weighted by molar-refractivity contribution is 5.90. The van der Waals surface area contributed by atoms with Crippen LogP contribution in [-0.2, 0) is 14.3 Å². The molecule has 1 saturated heterocycles. The van der Waals surface area contributed by atoms with Crippen molar-refractivity contribution in [3.8, 4) is 0 Å². The number of ether oxygens (including phenoxy) is 1. The summed E-state index contributed by atoms with van der Waals surface area (Å²) in [7, 11) is 0. The fourth-order valence-corrected chi connectivity index (χ4v) is 5.56. The van der Waals surface area contributed by atoms with Gasteiger partial charge in [0.1, 0.15) is 17.7 Å². The number of carbonyl (C=O) groups is 3. The minimum Gasteiger partial charge on any atom is -0.480 e. The molecule has 2 rings (SSSR count). The van der Waals surface area contributed by atoms with E-state index in [1.54, 1.807) is 9.80 Å². The molecule has 0 spiro atoms. The number of carboxylic acid groups (broad SMARTS) is 1. The van der Waals surface area contributed by atoms with E-state index in [-0.39, 0.29) is 17.7 Å². The van der Waals surface area contributed by atoms with Gasteiger partial charge in [-0.25, -0.2) is 9.59 Å². The van der Waals surface area contributed by atoms with E-state index in [0.29, 0.717) is 31.3 Å². The summed E-state index contributed by atoms with van der Waals surface area (Å²) in [5, 5.41) is 10.1. The maximum absolute atomic E-state index is 14.2. The highest BCUT2D eigenvalue weighted by Gasteiger charge is 2.47. The van der Waals surface area contributed by atoms with Crippen LogP contribution in [0.1, 0.15) is 99.8 Å². The van der Waals surface area contributed by atoms with Gasteiger partial charge in [-0.15, -0.1) is 0 Å². The molecule has 2 fully saturated rings. The maximum Gasteiger partial charge on any atom is 0.410 e. The third-order valence-electron chi connectivity index (χ3n) is 7.09. The van der Waals surface area contributed by atoms with Gasteiger partial charge >= 0.3 is 12.1 Å². The van der Waals surface area contributed by atoms with E-state index in [9.17, 15) is 19.5 Å². The number of rotatable bonds is 9. The standard InChI is InChI=1S/C27H48N2O5/c1-18(2)13-15-29(26(33)34-27(5,6)7)22(20-11-9-8-10-12-20)24(30)28-16-14-21(17-19(3)4)23(28)25(31)32/h18-23H,8-17H2,1-7H3,(H,31,32)/t21-,22?,23+/m1/s1. The third-order valence-corrected chi connectivity index (χ3v) is 7.09. The number of carbonyl (C=O) groups excluding carboxylic acids is 2. The van der Waals surface area contributed by atoms with Crippen LogP contribution in [0.3, 0.4) is 0 Å². The Labute approximate surface area is 206 Å². The first-order valence-electron chi connectivity index (χ1n) is 13.3. The minimum atomic E-state index is -0.940. The Morgan fingerprint density at radius 3 is 2.12 bits per heavy atom. The highest BCUT2D eigenvalue weighted by atomic mass is 16.6. The van der Waals surface area contributed by atoms with Crippen molar-refractivity contribution in [3.63, 3.8) is 0 Å². The molecule has 1 unspecified atom stereocenters. The maximum atomic E-state index is 14.2. The predicted molar refractivity (Wildman–Crippen MR) is 133 cm³/mol. The highest BCUT2D eigenvalue weighted by Crippen LogP contribution is 2.35. The molecule has 34 heavy (non-hydrogen) atoms. The van der Waals surface area contributed by atoms with Crippen LogP contribution in [0, 0.1) is 23.7 Å². The van der Waals surface area contributed by atoms with E-state index in [1.165, 1.54) is 0 Å². The fraction of sp³-hybridized carbons (Fsp3) is 0.889. The Balaban J connectivity index is 2.42. The Morgan fingerprint density at radius 1 is 1.00 bits per heavy atom. The molecule has 1 aliphatic heterocycles. The zero-order valence-corrected chi connectivity index (χ0v) is 22.5. The second kappa shape index (κ2) is 12.3. The SMILES string of the molecule is CC(C)CCN(C(=O)OC(C)(C)C)C(C(=O)N1CC[C@H](CC(C)C)[C@H]1C(=O)O)C1CCCCC1. The summed E-state index contributed by atoms with van der Waals surface area (Å²) in [6, 6.07) is -1.50. The Morgan fingerprint density at radius 2 is 1.62 bits per heavy atom. The van der Waals surface area contributed by atoms with E-state index in [0.717, 1.165) is 44.9 Å². The Bertz CT molecular complexity index is 694. The molecule has 1 saturated carbocycles. The summed E-state index contributed by atoms with van der Waals surface area (Å²) < 4.78 is 5.76. The van der Waals surface area contributed by atoms with Crippen molar-refractivity contribution in [3.05, 3.63) is 0 Å². The summed E-state index contributed by atoms with van der Waals surface area (Å²) in [6.45, 7) is 14.7. The second-order valence-electron chi connectivity index (χ2n) is 12.2. The summed E-state index contributed by atoms with van der Waals surface area (Å²) in [6.07, 6.45) is 6.69. The van der Waals surface area contributed by atoms with Gasteiger partial charge in [-0.1, -0.05) is 47.0 Å². The third kappa shape index (κ3) is 7.88. The zero-order chi connectivity index (χ0) is 25.6. The monoisotopic (exact) mass is 480 g/mol. The van der Waals surface area contributed by atoms with E-state index in [2.05, 4.69) is 27.7 Å². The fourth-order valence-electron chi connectivity index (χ4n) is 5.56. The minimum absolute atomic E-state index is 0.0273. The van der Waals surface area contributed by atoms with Crippen LogP contribution in [0.5, 0.6) is 0 Å². The molecule has 0 aromatic heterocycles. The lowest BCUT2D eigenvalue weighted by Crippen LogP contribution is -2.58. The van der Waals surface area contributed by atoms with Crippen LogP contribution >= 0.6 is 0 Å². The van der Waals surface area contributed by atoms with E-state index in [1.807, 2.05) is 20.8 Å². The molecule has 0 radical (unpaired) electrons. The molecule has 1 heterocycles. The lowest BCUT2D eigenvalue weighted by molar-refractivity contribution is -0.153. The number of hydrogen-bond donors (Lipinski definition) is 1. The molecular weight excluding hydrogens is 432 g/mol. The van der Waals surface area contributed by atoms with Crippen molar-refractivity contribution in [2.45, 2.75) is 118 Å². The molecule has 1 aliphatic carbocycles. The number of carboxylic acids is 1. The first-order valence-corrected chi connectivity index (χ1v) is 13.3. The van der Waals surface area contributed by atoms with Gasteiger partial charge in [-0.05, 0) is 76.5 Å². The molecule has 2 aliphatic rings. The Hall–Kier alpha value is -1.79. The molecule has 3 atom stereocenters. The molecule has 7 heteroatoms. The largest absolute Gasteiger partial charge is 0.480 e. The van der Waals surface area contributed by atoms with Crippen LogP contribution in [0.15, 0.2) is 0 Å². The summed E-state index contributed by atoms with van der Waals surface area (Å²) in [4.78, 5) is 43.1. The number of likely N-dealkylation sites (tertiary alicyclic amines) is 1. The topological polar surface area (TPSA) is 87.2 Å². The summed E-state index contributed by atoms with van der Waals surface area (Å²) >= 11 is 0. The van der Waals surface area contributed by atoms with Gasteiger partial charge in [0.15, 0.2) is 0 Å². The van der Waals surface area contributed by atoms with E-state index in [4.69, 9.17) is 4.74 Å². The van der Waals surface area contributed by atoms with Crippen LogP contribution in [0.25, 0.3) is 0 Å². The normalized spacial score (nSPS) is 22.8.